The minimum absolute atomic E-state index is 0.225. The van der Waals surface area contributed by atoms with Crippen molar-refractivity contribution in [2.75, 3.05) is 18.0 Å². The molecular weight excluding hydrogens is 421 g/mol. The van der Waals surface area contributed by atoms with Gasteiger partial charge < -0.3 is 14.7 Å². The fraction of sp³-hybridized carbons (Fsp3) is 0.500. The zero-order chi connectivity index (χ0) is 22.8. The Bertz CT molecular complexity index is 1020. The van der Waals surface area contributed by atoms with Gasteiger partial charge in [0.05, 0.1) is 23.6 Å². The third kappa shape index (κ3) is 5.24. The van der Waals surface area contributed by atoms with Crippen LogP contribution >= 0.6 is 0 Å². The molecule has 5 rings (SSSR count). The maximum atomic E-state index is 13.5. The lowest BCUT2D eigenvalue weighted by atomic mass is 9.85. The van der Waals surface area contributed by atoms with Crippen molar-refractivity contribution in [3.8, 4) is 0 Å². The van der Waals surface area contributed by atoms with E-state index in [1.165, 1.54) is 6.07 Å². The lowest BCUT2D eigenvalue weighted by molar-refractivity contribution is -0.138. The Morgan fingerprint density at radius 2 is 1.82 bits per heavy atom. The number of ether oxygens (including phenoxy) is 1. The molecule has 0 atom stereocenters. The number of rotatable bonds is 6. The predicted octanol–water partition coefficient (Wildman–Crippen LogP) is 4.92. The summed E-state index contributed by atoms with van der Waals surface area (Å²) in [7, 11) is 0. The summed E-state index contributed by atoms with van der Waals surface area (Å²) in [5.41, 5.74) is 3.67. The van der Waals surface area contributed by atoms with E-state index >= 15 is 0 Å². The number of piperidine rings is 1. The van der Waals surface area contributed by atoms with Gasteiger partial charge in [0.15, 0.2) is 0 Å². The number of nitrogens with zero attached hydrogens (tertiary/aromatic N) is 3. The second-order valence-electron chi connectivity index (χ2n) is 9.48. The number of hydrogen-bond acceptors (Lipinski definition) is 5. The van der Waals surface area contributed by atoms with Crippen molar-refractivity contribution in [1.29, 1.82) is 0 Å². The van der Waals surface area contributed by atoms with Crippen LogP contribution in [0, 0.1) is 11.7 Å². The van der Waals surface area contributed by atoms with Crippen LogP contribution in [0.3, 0.4) is 0 Å². The van der Waals surface area contributed by atoms with E-state index < -0.39 is 5.97 Å². The number of aliphatic imine (C=N–C) groups is 1. The standard InChI is InChI=1S/C26H30FN3O3/c27-20-4-7-23-19(14-20)15-24(29-23)18-3-8-25(28-16-18)30-11-9-22(10-12-30)33-21-5-1-17(2-6-21)13-26(31)32/h3-4,7-8,14,16-17,21-22H,1-2,5-6,9-13,15H2,(H,31,32). The number of aromatic nitrogens is 1. The third-order valence-corrected chi connectivity index (χ3v) is 7.14. The lowest BCUT2D eigenvalue weighted by Gasteiger charge is -2.36. The van der Waals surface area contributed by atoms with Crippen molar-refractivity contribution in [3.05, 3.63) is 53.5 Å². The highest BCUT2D eigenvalue weighted by Crippen LogP contribution is 2.32. The quantitative estimate of drug-likeness (QED) is 0.675. The van der Waals surface area contributed by atoms with Crippen molar-refractivity contribution in [1.82, 2.24) is 4.98 Å². The maximum Gasteiger partial charge on any atom is 0.303 e. The molecule has 0 unspecified atom stereocenters. The van der Waals surface area contributed by atoms with Crippen molar-refractivity contribution in [2.24, 2.45) is 10.9 Å². The van der Waals surface area contributed by atoms with E-state index in [9.17, 15) is 9.18 Å². The molecule has 0 radical (unpaired) electrons. The van der Waals surface area contributed by atoms with Crippen LogP contribution in [-0.4, -0.2) is 47.1 Å². The highest BCUT2D eigenvalue weighted by atomic mass is 19.1. The van der Waals surface area contributed by atoms with Crippen molar-refractivity contribution < 1.29 is 19.0 Å². The zero-order valence-electron chi connectivity index (χ0n) is 18.8. The van der Waals surface area contributed by atoms with E-state index in [2.05, 4.69) is 20.9 Å². The molecule has 1 saturated carbocycles. The Balaban J connectivity index is 1.10. The number of carbonyl (C=O) groups is 1. The molecule has 33 heavy (non-hydrogen) atoms. The first-order valence-electron chi connectivity index (χ1n) is 12.0. The van der Waals surface area contributed by atoms with Crippen molar-refractivity contribution in [3.63, 3.8) is 0 Å². The van der Waals surface area contributed by atoms with Crippen LogP contribution in [0.2, 0.25) is 0 Å². The summed E-state index contributed by atoms with van der Waals surface area (Å²) in [4.78, 5) is 22.5. The first-order chi connectivity index (χ1) is 16.0. The third-order valence-electron chi connectivity index (χ3n) is 7.14. The number of benzene rings is 1. The van der Waals surface area contributed by atoms with E-state index in [4.69, 9.17) is 9.84 Å². The summed E-state index contributed by atoms with van der Waals surface area (Å²) < 4.78 is 19.8. The minimum atomic E-state index is -0.690. The molecule has 174 valence electrons. The van der Waals surface area contributed by atoms with Crippen LogP contribution in [-0.2, 0) is 16.0 Å². The largest absolute Gasteiger partial charge is 0.481 e. The zero-order valence-corrected chi connectivity index (χ0v) is 18.8. The number of halogens is 1. The summed E-state index contributed by atoms with van der Waals surface area (Å²) in [6.45, 7) is 1.83. The molecule has 1 aliphatic carbocycles. The van der Waals surface area contributed by atoms with Gasteiger partial charge in [0.25, 0.3) is 0 Å². The second kappa shape index (κ2) is 9.59. The van der Waals surface area contributed by atoms with Gasteiger partial charge in [0.1, 0.15) is 11.6 Å². The van der Waals surface area contributed by atoms with Gasteiger partial charge in [-0.25, -0.2) is 9.37 Å². The second-order valence-corrected chi connectivity index (χ2v) is 9.48. The Labute approximate surface area is 193 Å². The molecule has 2 aromatic rings. The van der Waals surface area contributed by atoms with Crippen LogP contribution in [0.15, 0.2) is 41.5 Å². The predicted molar refractivity (Wildman–Crippen MR) is 125 cm³/mol. The number of aliphatic carboxylic acids is 1. The summed E-state index contributed by atoms with van der Waals surface area (Å²) in [5.74, 6) is 0.360. The molecule has 6 nitrogen and oxygen atoms in total. The van der Waals surface area contributed by atoms with E-state index in [-0.39, 0.29) is 24.4 Å². The first kappa shape index (κ1) is 22.0. The van der Waals surface area contributed by atoms with Crippen molar-refractivity contribution in [2.45, 2.75) is 63.6 Å². The number of anilines is 1. The van der Waals surface area contributed by atoms with E-state index in [0.717, 1.165) is 80.0 Å². The van der Waals surface area contributed by atoms with Gasteiger partial charge in [-0.05, 0) is 80.3 Å². The average molecular weight is 452 g/mol. The van der Waals surface area contributed by atoms with Crippen LogP contribution in [0.5, 0.6) is 0 Å². The number of hydrogen-bond donors (Lipinski definition) is 1. The molecule has 0 bridgehead atoms. The highest BCUT2D eigenvalue weighted by Gasteiger charge is 2.28. The Morgan fingerprint density at radius 1 is 1.06 bits per heavy atom. The van der Waals surface area contributed by atoms with Crippen LogP contribution in [0.1, 0.15) is 56.1 Å². The van der Waals surface area contributed by atoms with Gasteiger partial charge in [-0.3, -0.25) is 9.79 Å². The smallest absolute Gasteiger partial charge is 0.303 e. The molecule has 0 spiro atoms. The topological polar surface area (TPSA) is 75.0 Å². The Morgan fingerprint density at radius 3 is 2.52 bits per heavy atom. The summed E-state index contributed by atoms with van der Waals surface area (Å²) in [6.07, 6.45) is 9.15. The van der Waals surface area contributed by atoms with Crippen LogP contribution in [0.4, 0.5) is 15.9 Å². The van der Waals surface area contributed by atoms with E-state index in [1.54, 1.807) is 12.1 Å². The molecular formula is C26H30FN3O3. The first-order valence-corrected chi connectivity index (χ1v) is 12.0. The van der Waals surface area contributed by atoms with Gasteiger partial charge >= 0.3 is 5.97 Å². The van der Waals surface area contributed by atoms with E-state index in [0.29, 0.717) is 12.3 Å². The van der Waals surface area contributed by atoms with Crippen LogP contribution in [0.25, 0.3) is 0 Å². The Kier molecular flexibility index (Phi) is 6.40. The monoisotopic (exact) mass is 451 g/mol. The molecule has 2 aliphatic heterocycles. The molecule has 3 aliphatic rings. The van der Waals surface area contributed by atoms with Gasteiger partial charge in [-0.15, -0.1) is 0 Å². The SMILES string of the molecule is O=C(O)CC1CCC(OC2CCN(c3ccc(C4=Nc5ccc(F)cc5C4)cn3)CC2)CC1. The molecule has 2 fully saturated rings. The molecule has 1 aromatic carbocycles. The molecule has 0 amide bonds. The maximum absolute atomic E-state index is 13.5. The van der Waals surface area contributed by atoms with Gasteiger partial charge in [0, 0.05) is 37.7 Å². The highest BCUT2D eigenvalue weighted by molar-refractivity contribution is 6.06. The van der Waals surface area contributed by atoms with Gasteiger partial charge in [0.2, 0.25) is 0 Å². The molecule has 1 saturated heterocycles. The van der Waals surface area contributed by atoms with Crippen molar-refractivity contribution >= 4 is 23.2 Å². The molecule has 7 heteroatoms. The summed E-state index contributed by atoms with van der Waals surface area (Å²) >= 11 is 0. The Hall–Kier alpha value is -2.80. The summed E-state index contributed by atoms with van der Waals surface area (Å²) in [5, 5.41) is 8.97. The summed E-state index contributed by atoms with van der Waals surface area (Å²) in [6, 6.07) is 8.84. The van der Waals surface area contributed by atoms with Gasteiger partial charge in [-0.2, -0.15) is 0 Å². The number of carboxylic acids is 1. The van der Waals surface area contributed by atoms with Crippen LogP contribution < -0.4 is 4.90 Å². The number of pyridine rings is 1. The minimum Gasteiger partial charge on any atom is -0.481 e. The molecule has 1 N–H and O–H groups in total. The lowest BCUT2D eigenvalue weighted by Crippen LogP contribution is -2.39. The number of fused-ring (bicyclic) bond motifs is 1. The fourth-order valence-corrected chi connectivity index (χ4v) is 5.29. The molecule has 3 heterocycles. The fourth-order valence-electron chi connectivity index (χ4n) is 5.29. The average Bonchev–Trinajstić information content (AvgIpc) is 3.24. The van der Waals surface area contributed by atoms with E-state index in [1.807, 2.05) is 12.3 Å². The van der Waals surface area contributed by atoms with Gasteiger partial charge in [-0.1, -0.05) is 0 Å². The normalized spacial score (nSPS) is 23.3. The molecule has 1 aromatic heterocycles. The number of carboxylic acid groups (broad SMARTS) is 1.